The smallest absolute Gasteiger partial charge is 0.0622 e. The maximum Gasteiger partial charge on any atom is 0.0629 e. The Hall–Kier alpha value is -4.94. The summed E-state index contributed by atoms with van der Waals surface area (Å²) in [6.45, 7) is 2.10. The number of aryl methyl sites for hydroxylation is 1. The summed E-state index contributed by atoms with van der Waals surface area (Å²) in [6.07, 6.45) is 0.743. The van der Waals surface area contributed by atoms with Crippen molar-refractivity contribution >= 4 is 53.9 Å². The summed E-state index contributed by atoms with van der Waals surface area (Å²) in [5.41, 5.74) is 3.07. The van der Waals surface area contributed by atoms with Gasteiger partial charge < -0.3 is 0 Å². The molecule has 0 heterocycles. The highest BCUT2D eigenvalue weighted by atomic mass is 14.2. The lowest BCUT2D eigenvalue weighted by Gasteiger charge is -2.20. The fourth-order valence-electron chi connectivity index (χ4n) is 6.23. The minimum atomic E-state index is -0.403. The van der Waals surface area contributed by atoms with Crippen molar-refractivity contribution in [3.8, 4) is 22.3 Å². The summed E-state index contributed by atoms with van der Waals surface area (Å²) in [5.74, 6) is 0. The van der Waals surface area contributed by atoms with Gasteiger partial charge in [-0.3, -0.25) is 0 Å². The number of rotatable bonds is 3. The molecule has 0 heteroatoms. The summed E-state index contributed by atoms with van der Waals surface area (Å²) < 4.78 is 71.8. The molecule has 0 saturated heterocycles. The van der Waals surface area contributed by atoms with Crippen molar-refractivity contribution in [3.63, 3.8) is 0 Å². The van der Waals surface area contributed by atoms with Crippen molar-refractivity contribution in [2.24, 2.45) is 0 Å². The molecule has 0 amide bonds. The molecule has 8 aromatic rings. The van der Waals surface area contributed by atoms with Gasteiger partial charge in [0.2, 0.25) is 0 Å². The average Bonchev–Trinajstić information content (AvgIpc) is 3.12. The van der Waals surface area contributed by atoms with E-state index in [0.29, 0.717) is 22.3 Å². The van der Waals surface area contributed by atoms with E-state index in [1.807, 2.05) is 48.5 Å². The van der Waals surface area contributed by atoms with Crippen LogP contribution in [0.2, 0.25) is 0 Å². The fourth-order valence-corrected chi connectivity index (χ4v) is 6.23. The summed E-state index contributed by atoms with van der Waals surface area (Å²) in [7, 11) is 0. The van der Waals surface area contributed by atoms with Crippen LogP contribution in [0.3, 0.4) is 0 Å². The van der Waals surface area contributed by atoms with Gasteiger partial charge in [-0.2, -0.15) is 0 Å². The van der Waals surface area contributed by atoms with Gasteiger partial charge in [0, 0.05) is 0 Å². The van der Waals surface area contributed by atoms with Gasteiger partial charge in [-0.05, 0) is 106 Å². The standard InChI is InChI=1S/C40H28/c1-2-26-23-37-30(38-25-29-16-7-6-15-28(29)24-36(26)38)21-12-22-35(37)40-33-19-10-8-17-31(33)39(27-13-4-3-5-14-27)32-18-9-11-20-34(32)40/h3-25H,2H2,1H3/i8D,9D,10D,11D,17D,18D,19D,20D. The van der Waals surface area contributed by atoms with Crippen LogP contribution in [-0.4, -0.2) is 0 Å². The molecule has 0 atom stereocenters. The van der Waals surface area contributed by atoms with E-state index >= 15 is 0 Å². The Morgan fingerprint density at radius 1 is 0.475 bits per heavy atom. The van der Waals surface area contributed by atoms with E-state index in [9.17, 15) is 5.48 Å². The lowest BCUT2D eigenvalue weighted by atomic mass is 9.83. The minimum Gasteiger partial charge on any atom is -0.0622 e. The quantitative estimate of drug-likeness (QED) is 0.162. The maximum absolute atomic E-state index is 9.30. The molecule has 0 unspecified atom stereocenters. The molecular weight excluding hydrogens is 480 g/mol. The minimum absolute atomic E-state index is 0.222. The Balaban J connectivity index is 1.69. The lowest BCUT2D eigenvalue weighted by Crippen LogP contribution is -1.93. The highest BCUT2D eigenvalue weighted by Crippen LogP contribution is 2.46. The Kier molecular flexibility index (Phi) is 3.68. The Morgan fingerprint density at radius 3 is 1.68 bits per heavy atom. The van der Waals surface area contributed by atoms with Crippen molar-refractivity contribution in [2.45, 2.75) is 13.3 Å². The third kappa shape index (κ3) is 3.39. The molecule has 0 N–H and O–H groups in total. The second kappa shape index (κ2) is 9.07. The molecule has 8 rings (SSSR count). The molecule has 0 aliphatic carbocycles. The van der Waals surface area contributed by atoms with Gasteiger partial charge in [0.1, 0.15) is 0 Å². The molecule has 0 radical (unpaired) electrons. The molecule has 0 spiro atoms. The zero-order valence-corrected chi connectivity index (χ0v) is 21.9. The second-order valence-electron chi connectivity index (χ2n) is 10.2. The van der Waals surface area contributed by atoms with E-state index < -0.39 is 24.2 Å². The Labute approximate surface area is 245 Å². The molecule has 0 aliphatic rings. The molecule has 0 saturated carbocycles. The molecule has 188 valence electrons. The second-order valence-corrected chi connectivity index (χ2v) is 10.2. The average molecular weight is 517 g/mol. The zero-order chi connectivity index (χ0) is 33.6. The number of hydrogen-bond acceptors (Lipinski definition) is 0. The van der Waals surface area contributed by atoms with Crippen LogP contribution < -0.4 is 0 Å². The molecular formula is C40H28. The van der Waals surface area contributed by atoms with Crippen LogP contribution in [0.25, 0.3) is 76.1 Å². The van der Waals surface area contributed by atoms with E-state index in [1.54, 1.807) is 12.1 Å². The van der Waals surface area contributed by atoms with E-state index in [1.165, 1.54) is 0 Å². The first-order valence-electron chi connectivity index (χ1n) is 17.5. The van der Waals surface area contributed by atoms with Crippen LogP contribution in [0.5, 0.6) is 0 Å². The summed E-state index contributed by atoms with van der Waals surface area (Å²) in [4.78, 5) is 0. The van der Waals surface area contributed by atoms with Crippen molar-refractivity contribution in [1.82, 2.24) is 0 Å². The molecule has 40 heavy (non-hydrogen) atoms. The van der Waals surface area contributed by atoms with Crippen LogP contribution in [0.1, 0.15) is 23.5 Å². The predicted molar refractivity (Wildman–Crippen MR) is 174 cm³/mol. The van der Waals surface area contributed by atoms with E-state index in [0.717, 1.165) is 44.3 Å². The normalized spacial score (nSPS) is 14.5. The number of hydrogen-bond donors (Lipinski definition) is 0. The zero-order valence-electron chi connectivity index (χ0n) is 29.9. The molecule has 8 aromatic carbocycles. The SMILES string of the molecule is [2H]c1c([2H])c([2H])c2c(-c3cccc4c3cc(CC)c3cc5ccccc5cc34)c3c([2H])c([2H])c([2H])c([2H])c3c(-c3ccccc3)c2c1[2H]. The Morgan fingerprint density at radius 2 is 1.05 bits per heavy atom. The first-order chi connectivity index (χ1) is 23.1. The van der Waals surface area contributed by atoms with Crippen LogP contribution in [0, 0.1) is 0 Å². The number of benzene rings is 8. The highest BCUT2D eigenvalue weighted by molar-refractivity contribution is 6.25. The van der Waals surface area contributed by atoms with Crippen molar-refractivity contribution in [1.29, 1.82) is 0 Å². The highest BCUT2D eigenvalue weighted by Gasteiger charge is 2.19. The maximum atomic E-state index is 9.30. The van der Waals surface area contributed by atoms with E-state index in [-0.39, 0.29) is 45.7 Å². The monoisotopic (exact) mass is 516 g/mol. The summed E-state index contributed by atoms with van der Waals surface area (Å²) >= 11 is 0. The largest absolute Gasteiger partial charge is 0.0629 e. The molecule has 0 bridgehead atoms. The third-order valence-electron chi connectivity index (χ3n) is 8.03. The van der Waals surface area contributed by atoms with Gasteiger partial charge >= 0.3 is 0 Å². The summed E-state index contributed by atoms with van der Waals surface area (Å²) in [6, 6.07) is 27.0. The third-order valence-corrected chi connectivity index (χ3v) is 8.03. The lowest BCUT2D eigenvalue weighted by molar-refractivity contribution is 1.16. The van der Waals surface area contributed by atoms with Gasteiger partial charge in [-0.25, -0.2) is 0 Å². The molecule has 0 aromatic heterocycles. The van der Waals surface area contributed by atoms with Crippen LogP contribution in [0.4, 0.5) is 0 Å². The van der Waals surface area contributed by atoms with Crippen molar-refractivity contribution in [3.05, 3.63) is 145 Å². The van der Waals surface area contributed by atoms with Crippen molar-refractivity contribution < 1.29 is 11.0 Å². The van der Waals surface area contributed by atoms with E-state index in [4.69, 9.17) is 5.48 Å². The molecule has 0 nitrogen and oxygen atoms in total. The summed E-state index contributed by atoms with van der Waals surface area (Å²) in [5, 5.41) is 7.07. The topological polar surface area (TPSA) is 0 Å². The van der Waals surface area contributed by atoms with Gasteiger partial charge in [0.15, 0.2) is 0 Å². The number of fused-ring (bicyclic) bond motifs is 6. The van der Waals surface area contributed by atoms with Crippen LogP contribution >= 0.6 is 0 Å². The van der Waals surface area contributed by atoms with Gasteiger partial charge in [0.25, 0.3) is 0 Å². The predicted octanol–water partition coefficient (Wildman–Crippen LogP) is 11.3. The van der Waals surface area contributed by atoms with Crippen molar-refractivity contribution in [2.75, 3.05) is 0 Å². The van der Waals surface area contributed by atoms with Crippen LogP contribution in [-0.2, 0) is 6.42 Å². The fraction of sp³-hybridized carbons (Fsp3) is 0.0500. The first kappa shape index (κ1) is 16.2. The van der Waals surface area contributed by atoms with Gasteiger partial charge in [-0.15, -0.1) is 0 Å². The van der Waals surface area contributed by atoms with E-state index in [2.05, 4.69) is 37.3 Å². The first-order valence-corrected chi connectivity index (χ1v) is 13.5. The molecule has 0 aliphatic heterocycles. The van der Waals surface area contributed by atoms with Gasteiger partial charge in [-0.1, -0.05) is 128 Å². The molecule has 0 fully saturated rings. The van der Waals surface area contributed by atoms with Crippen LogP contribution in [0.15, 0.2) is 139 Å². The Bertz CT molecular complexity index is 2600. The van der Waals surface area contributed by atoms with Gasteiger partial charge in [0.05, 0.1) is 11.0 Å².